The molecule has 1 saturated heterocycles. The second kappa shape index (κ2) is 4.81. The van der Waals surface area contributed by atoms with Crippen LogP contribution < -0.4 is 5.32 Å². The van der Waals surface area contributed by atoms with Crippen molar-refractivity contribution in [3.05, 3.63) is 42.1 Å². The Hall–Kier alpha value is -1.12. The average molecular weight is 235 g/mol. The molecular weight excluding hydrogens is 220 g/mol. The van der Waals surface area contributed by atoms with Crippen LogP contribution >= 0.6 is 12.4 Å². The van der Waals surface area contributed by atoms with Gasteiger partial charge in [-0.25, -0.2) is 0 Å². The molecule has 1 N–H and O–H groups in total. The summed E-state index contributed by atoms with van der Waals surface area (Å²) in [4.78, 5) is 4.50. The number of benzene rings is 1. The highest BCUT2D eigenvalue weighted by atomic mass is 35.5. The van der Waals surface area contributed by atoms with Gasteiger partial charge in [-0.05, 0) is 36.6 Å². The first-order valence-electron chi connectivity index (χ1n) is 5.49. The summed E-state index contributed by atoms with van der Waals surface area (Å²) in [6, 6.07) is 10.6. The second-order valence-corrected chi connectivity index (χ2v) is 4.15. The van der Waals surface area contributed by atoms with E-state index in [1.807, 2.05) is 12.3 Å². The van der Waals surface area contributed by atoms with Crippen LogP contribution in [0.3, 0.4) is 0 Å². The number of pyridine rings is 1. The van der Waals surface area contributed by atoms with Gasteiger partial charge in [0.1, 0.15) is 0 Å². The normalized spacial score (nSPS) is 19.6. The standard InChI is InChI=1S/C13H14N2.ClH/c1-2-4-13-10(3-1)7-12(9-15-13)11-5-6-14-8-11;/h1-4,7,9,11,14H,5-6,8H2;1H. The number of hydrogen-bond donors (Lipinski definition) is 1. The van der Waals surface area contributed by atoms with E-state index in [0.717, 1.165) is 18.6 Å². The molecule has 2 nitrogen and oxygen atoms in total. The third-order valence-corrected chi connectivity index (χ3v) is 3.14. The van der Waals surface area contributed by atoms with E-state index in [2.05, 4.69) is 34.6 Å². The summed E-state index contributed by atoms with van der Waals surface area (Å²) in [6.07, 6.45) is 3.26. The number of nitrogens with zero attached hydrogens (tertiary/aromatic N) is 1. The van der Waals surface area contributed by atoms with E-state index in [-0.39, 0.29) is 12.4 Å². The first kappa shape index (κ1) is 11.4. The highest BCUT2D eigenvalue weighted by Crippen LogP contribution is 2.24. The molecule has 2 aromatic rings. The molecule has 1 atom stereocenters. The first-order chi connectivity index (χ1) is 7.43. The summed E-state index contributed by atoms with van der Waals surface area (Å²) >= 11 is 0. The number of para-hydroxylation sites is 1. The topological polar surface area (TPSA) is 24.9 Å². The Bertz CT molecular complexity index is 478. The molecule has 16 heavy (non-hydrogen) atoms. The van der Waals surface area contributed by atoms with E-state index in [1.165, 1.54) is 17.4 Å². The van der Waals surface area contributed by atoms with Gasteiger partial charge in [0.2, 0.25) is 0 Å². The van der Waals surface area contributed by atoms with Crippen molar-refractivity contribution in [1.82, 2.24) is 10.3 Å². The number of rotatable bonds is 1. The SMILES string of the molecule is Cl.c1ccc2ncc(C3CCNC3)cc2c1. The van der Waals surface area contributed by atoms with Gasteiger partial charge in [0, 0.05) is 18.1 Å². The Morgan fingerprint density at radius 1 is 1.25 bits per heavy atom. The molecule has 1 aromatic carbocycles. The summed E-state index contributed by atoms with van der Waals surface area (Å²) < 4.78 is 0. The Morgan fingerprint density at radius 3 is 2.94 bits per heavy atom. The van der Waals surface area contributed by atoms with Crippen LogP contribution in [0.1, 0.15) is 17.9 Å². The quantitative estimate of drug-likeness (QED) is 0.821. The summed E-state index contributed by atoms with van der Waals surface area (Å²) in [5, 5.41) is 4.64. The van der Waals surface area contributed by atoms with Gasteiger partial charge in [0.15, 0.2) is 0 Å². The fourth-order valence-electron chi connectivity index (χ4n) is 2.25. The highest BCUT2D eigenvalue weighted by molar-refractivity contribution is 5.85. The van der Waals surface area contributed by atoms with Gasteiger partial charge < -0.3 is 5.32 Å². The molecule has 3 heteroatoms. The molecule has 0 saturated carbocycles. The monoisotopic (exact) mass is 234 g/mol. The summed E-state index contributed by atoms with van der Waals surface area (Å²) in [6.45, 7) is 2.23. The van der Waals surface area contributed by atoms with Crippen LogP contribution in [-0.4, -0.2) is 18.1 Å². The molecule has 84 valence electrons. The lowest BCUT2D eigenvalue weighted by Gasteiger charge is -2.08. The van der Waals surface area contributed by atoms with E-state index in [4.69, 9.17) is 0 Å². The Kier molecular flexibility index (Phi) is 3.42. The lowest BCUT2D eigenvalue weighted by Crippen LogP contribution is -2.08. The maximum atomic E-state index is 4.50. The van der Waals surface area contributed by atoms with Crippen molar-refractivity contribution in [3.8, 4) is 0 Å². The van der Waals surface area contributed by atoms with E-state index in [9.17, 15) is 0 Å². The third-order valence-electron chi connectivity index (χ3n) is 3.14. The number of halogens is 1. The molecule has 2 heterocycles. The average Bonchev–Trinajstić information content (AvgIpc) is 2.82. The second-order valence-electron chi connectivity index (χ2n) is 4.15. The van der Waals surface area contributed by atoms with E-state index in [0.29, 0.717) is 5.92 Å². The van der Waals surface area contributed by atoms with Crippen molar-refractivity contribution in [2.45, 2.75) is 12.3 Å². The number of hydrogen-bond acceptors (Lipinski definition) is 2. The van der Waals surface area contributed by atoms with Crippen LogP contribution in [0.25, 0.3) is 10.9 Å². The largest absolute Gasteiger partial charge is 0.316 e. The van der Waals surface area contributed by atoms with E-state index < -0.39 is 0 Å². The molecule has 1 unspecified atom stereocenters. The molecule has 3 rings (SSSR count). The van der Waals surface area contributed by atoms with Crippen LogP contribution in [0.4, 0.5) is 0 Å². The smallest absolute Gasteiger partial charge is 0.0702 e. The predicted molar refractivity (Wildman–Crippen MR) is 69.2 cm³/mol. The van der Waals surface area contributed by atoms with Crippen molar-refractivity contribution < 1.29 is 0 Å². The molecule has 0 bridgehead atoms. The molecular formula is C13H15ClN2. The van der Waals surface area contributed by atoms with Gasteiger partial charge in [-0.15, -0.1) is 12.4 Å². The zero-order valence-electron chi connectivity index (χ0n) is 9.02. The van der Waals surface area contributed by atoms with Crippen molar-refractivity contribution in [2.75, 3.05) is 13.1 Å². The minimum Gasteiger partial charge on any atom is -0.316 e. The molecule has 1 aliphatic heterocycles. The van der Waals surface area contributed by atoms with Gasteiger partial charge in [-0.2, -0.15) is 0 Å². The number of fused-ring (bicyclic) bond motifs is 1. The van der Waals surface area contributed by atoms with Crippen molar-refractivity contribution in [3.63, 3.8) is 0 Å². The predicted octanol–water partition coefficient (Wildman–Crippen LogP) is 2.73. The Labute approximate surface area is 101 Å². The summed E-state index contributed by atoms with van der Waals surface area (Å²) in [7, 11) is 0. The van der Waals surface area contributed by atoms with E-state index in [1.54, 1.807) is 0 Å². The lowest BCUT2D eigenvalue weighted by atomic mass is 9.99. The molecule has 1 aromatic heterocycles. The first-order valence-corrected chi connectivity index (χ1v) is 5.49. The minimum atomic E-state index is 0. The summed E-state index contributed by atoms with van der Waals surface area (Å²) in [5.74, 6) is 0.655. The zero-order valence-corrected chi connectivity index (χ0v) is 9.83. The number of nitrogens with one attached hydrogen (secondary N) is 1. The van der Waals surface area contributed by atoms with Gasteiger partial charge in [0.25, 0.3) is 0 Å². The fourth-order valence-corrected chi connectivity index (χ4v) is 2.25. The molecule has 0 radical (unpaired) electrons. The van der Waals surface area contributed by atoms with Gasteiger partial charge in [-0.3, -0.25) is 4.98 Å². The molecule has 0 aliphatic carbocycles. The summed E-state index contributed by atoms with van der Waals surface area (Å²) in [5.41, 5.74) is 2.46. The van der Waals surface area contributed by atoms with Gasteiger partial charge in [0.05, 0.1) is 5.52 Å². The minimum absolute atomic E-state index is 0. The van der Waals surface area contributed by atoms with Crippen LogP contribution in [0.2, 0.25) is 0 Å². The molecule has 0 spiro atoms. The Morgan fingerprint density at radius 2 is 2.12 bits per heavy atom. The van der Waals surface area contributed by atoms with Crippen LogP contribution in [0, 0.1) is 0 Å². The van der Waals surface area contributed by atoms with Gasteiger partial charge in [-0.1, -0.05) is 18.2 Å². The van der Waals surface area contributed by atoms with Crippen LogP contribution in [-0.2, 0) is 0 Å². The lowest BCUT2D eigenvalue weighted by molar-refractivity contribution is 0.761. The van der Waals surface area contributed by atoms with Crippen molar-refractivity contribution >= 4 is 23.3 Å². The third kappa shape index (κ3) is 2.04. The Balaban J connectivity index is 0.000000963. The maximum absolute atomic E-state index is 4.50. The molecule has 0 amide bonds. The molecule has 1 aliphatic rings. The maximum Gasteiger partial charge on any atom is 0.0702 e. The zero-order chi connectivity index (χ0) is 10.1. The van der Waals surface area contributed by atoms with E-state index >= 15 is 0 Å². The number of aromatic nitrogens is 1. The highest BCUT2D eigenvalue weighted by Gasteiger charge is 2.16. The van der Waals surface area contributed by atoms with Crippen molar-refractivity contribution in [2.24, 2.45) is 0 Å². The van der Waals surface area contributed by atoms with Crippen LogP contribution in [0.5, 0.6) is 0 Å². The fraction of sp³-hybridized carbons (Fsp3) is 0.308. The van der Waals surface area contributed by atoms with Crippen LogP contribution in [0.15, 0.2) is 36.5 Å². The van der Waals surface area contributed by atoms with Gasteiger partial charge >= 0.3 is 0 Å². The van der Waals surface area contributed by atoms with Crippen molar-refractivity contribution in [1.29, 1.82) is 0 Å². The molecule has 1 fully saturated rings.